The van der Waals surface area contributed by atoms with Gasteiger partial charge in [0.05, 0.1) is 23.4 Å². The van der Waals surface area contributed by atoms with Crippen LogP contribution in [-0.4, -0.2) is 41.4 Å². The zero-order chi connectivity index (χ0) is 15.1. The summed E-state index contributed by atoms with van der Waals surface area (Å²) in [5.74, 6) is -0.221. The van der Waals surface area contributed by atoms with Gasteiger partial charge in [-0.25, -0.2) is 4.79 Å². The van der Waals surface area contributed by atoms with E-state index in [0.717, 1.165) is 36.1 Å². The van der Waals surface area contributed by atoms with Crippen LogP contribution in [0.4, 0.5) is 10.5 Å². The Balaban J connectivity index is 1.76. The molecule has 2 aromatic rings. The van der Waals surface area contributed by atoms with Crippen LogP contribution in [0.15, 0.2) is 24.4 Å². The second-order valence-corrected chi connectivity index (χ2v) is 5.70. The maximum atomic E-state index is 12.1. The summed E-state index contributed by atoms with van der Waals surface area (Å²) in [5.41, 5.74) is 1.83. The molecule has 1 atom stereocenters. The summed E-state index contributed by atoms with van der Waals surface area (Å²) in [6, 6.07) is 5.85. The minimum Gasteiger partial charge on any atom is -0.315 e. The number of imide groups is 1. The number of hydrogen-bond donors (Lipinski definition) is 2. The molecule has 0 aliphatic carbocycles. The van der Waals surface area contributed by atoms with Crippen LogP contribution in [0.5, 0.6) is 0 Å². The third-order valence-corrected chi connectivity index (χ3v) is 4.34. The minimum atomic E-state index is -0.362. The highest BCUT2D eigenvalue weighted by atomic mass is 16.2. The molecule has 1 aromatic carbocycles. The van der Waals surface area contributed by atoms with Crippen LogP contribution in [0.2, 0.25) is 0 Å². The standard InChI is InChI=1S/C15H17N5O2/c21-14-5-7-19(15(22)18-14)12-2-1-3-13-11(12)9-17-20(13)10-4-6-16-8-10/h1-3,9-10,16H,4-8H2,(H,18,21,22)/t10-/m0/s1. The van der Waals surface area contributed by atoms with Gasteiger partial charge in [0.1, 0.15) is 0 Å². The first-order valence-corrected chi connectivity index (χ1v) is 7.52. The number of nitrogens with one attached hydrogen (secondary N) is 2. The maximum Gasteiger partial charge on any atom is 0.328 e. The van der Waals surface area contributed by atoms with E-state index in [1.807, 2.05) is 29.1 Å². The van der Waals surface area contributed by atoms with Crippen molar-refractivity contribution in [1.29, 1.82) is 0 Å². The van der Waals surface area contributed by atoms with Crippen molar-refractivity contribution in [2.45, 2.75) is 18.9 Å². The SMILES string of the molecule is O=C1CCN(c2cccc3c2cnn3[C@H]2CCNC2)C(=O)N1. The molecule has 2 aliphatic rings. The van der Waals surface area contributed by atoms with E-state index in [9.17, 15) is 9.59 Å². The Morgan fingerprint density at radius 2 is 2.18 bits per heavy atom. The number of carbonyl (C=O) groups is 2. The van der Waals surface area contributed by atoms with Gasteiger partial charge < -0.3 is 5.32 Å². The van der Waals surface area contributed by atoms with Crippen LogP contribution in [0, 0.1) is 0 Å². The van der Waals surface area contributed by atoms with Crippen molar-refractivity contribution in [2.24, 2.45) is 0 Å². The number of benzene rings is 1. The largest absolute Gasteiger partial charge is 0.328 e. The van der Waals surface area contributed by atoms with Crippen LogP contribution < -0.4 is 15.5 Å². The molecule has 0 unspecified atom stereocenters. The van der Waals surface area contributed by atoms with Gasteiger partial charge in [-0.3, -0.25) is 19.7 Å². The Morgan fingerprint density at radius 1 is 1.27 bits per heavy atom. The van der Waals surface area contributed by atoms with Crippen LogP contribution in [0.1, 0.15) is 18.9 Å². The predicted molar refractivity (Wildman–Crippen MR) is 81.8 cm³/mol. The number of carbonyl (C=O) groups excluding carboxylic acids is 2. The zero-order valence-corrected chi connectivity index (χ0v) is 12.1. The molecular formula is C15H17N5O2. The number of anilines is 1. The highest BCUT2D eigenvalue weighted by molar-refractivity contribution is 6.09. The van der Waals surface area contributed by atoms with E-state index < -0.39 is 0 Å². The van der Waals surface area contributed by atoms with E-state index >= 15 is 0 Å². The second kappa shape index (κ2) is 5.10. The van der Waals surface area contributed by atoms with Gasteiger partial charge >= 0.3 is 6.03 Å². The van der Waals surface area contributed by atoms with Gasteiger partial charge in [0, 0.05) is 24.9 Å². The number of amides is 3. The Morgan fingerprint density at radius 3 is 2.95 bits per heavy atom. The number of rotatable bonds is 2. The number of fused-ring (bicyclic) bond motifs is 1. The average Bonchev–Trinajstić information content (AvgIpc) is 3.16. The summed E-state index contributed by atoms with van der Waals surface area (Å²) in [7, 11) is 0. The zero-order valence-electron chi connectivity index (χ0n) is 12.1. The van der Waals surface area contributed by atoms with Crippen LogP contribution in [-0.2, 0) is 4.79 Å². The Kier molecular flexibility index (Phi) is 3.07. The van der Waals surface area contributed by atoms with Crippen molar-refractivity contribution < 1.29 is 9.59 Å². The van der Waals surface area contributed by atoms with Crippen LogP contribution in [0.3, 0.4) is 0 Å². The summed E-state index contributed by atoms with van der Waals surface area (Å²) in [6.07, 6.45) is 3.19. The third-order valence-electron chi connectivity index (χ3n) is 4.34. The van der Waals surface area contributed by atoms with Gasteiger partial charge in [-0.05, 0) is 25.1 Å². The molecule has 2 fully saturated rings. The number of aromatic nitrogens is 2. The van der Waals surface area contributed by atoms with Gasteiger partial charge in [-0.15, -0.1) is 0 Å². The van der Waals surface area contributed by atoms with Crippen molar-refractivity contribution in [2.75, 3.05) is 24.5 Å². The lowest BCUT2D eigenvalue weighted by molar-refractivity contribution is -0.120. The lowest BCUT2D eigenvalue weighted by Gasteiger charge is -2.27. The van der Waals surface area contributed by atoms with E-state index in [4.69, 9.17) is 0 Å². The minimum absolute atomic E-state index is 0.221. The highest BCUT2D eigenvalue weighted by Gasteiger charge is 2.27. The number of nitrogens with zero attached hydrogens (tertiary/aromatic N) is 3. The highest BCUT2D eigenvalue weighted by Crippen LogP contribution is 2.30. The molecule has 7 heteroatoms. The fraction of sp³-hybridized carbons (Fsp3) is 0.400. The lowest BCUT2D eigenvalue weighted by Crippen LogP contribution is -2.49. The molecule has 22 heavy (non-hydrogen) atoms. The molecule has 7 nitrogen and oxygen atoms in total. The fourth-order valence-corrected chi connectivity index (χ4v) is 3.22. The summed E-state index contributed by atoms with van der Waals surface area (Å²) < 4.78 is 2.03. The molecule has 0 bridgehead atoms. The van der Waals surface area contributed by atoms with E-state index in [0.29, 0.717) is 19.0 Å². The maximum absolute atomic E-state index is 12.1. The Hall–Kier alpha value is -2.41. The monoisotopic (exact) mass is 299 g/mol. The first-order valence-electron chi connectivity index (χ1n) is 7.52. The van der Waals surface area contributed by atoms with Gasteiger partial charge in [-0.1, -0.05) is 6.07 Å². The summed E-state index contributed by atoms with van der Waals surface area (Å²) in [6.45, 7) is 2.32. The molecule has 0 saturated carbocycles. The van der Waals surface area contributed by atoms with Gasteiger partial charge in [0.25, 0.3) is 0 Å². The summed E-state index contributed by atoms with van der Waals surface area (Å²) >= 11 is 0. The first kappa shape index (κ1) is 13.3. The van der Waals surface area contributed by atoms with Gasteiger partial charge in [-0.2, -0.15) is 5.10 Å². The first-order chi connectivity index (χ1) is 10.7. The van der Waals surface area contributed by atoms with E-state index in [2.05, 4.69) is 15.7 Å². The lowest BCUT2D eigenvalue weighted by atomic mass is 10.1. The van der Waals surface area contributed by atoms with Crippen molar-refractivity contribution in [3.8, 4) is 0 Å². The quantitative estimate of drug-likeness (QED) is 0.867. The smallest absolute Gasteiger partial charge is 0.315 e. The van der Waals surface area contributed by atoms with E-state index in [1.54, 1.807) is 4.90 Å². The van der Waals surface area contributed by atoms with Crippen LogP contribution in [0.25, 0.3) is 10.9 Å². The molecule has 4 rings (SSSR count). The molecule has 0 spiro atoms. The molecule has 1 aromatic heterocycles. The number of urea groups is 1. The molecule has 3 amide bonds. The summed E-state index contributed by atoms with van der Waals surface area (Å²) in [4.78, 5) is 25.0. The molecule has 2 aliphatic heterocycles. The van der Waals surface area contributed by atoms with E-state index in [-0.39, 0.29) is 11.9 Å². The molecule has 2 saturated heterocycles. The third kappa shape index (κ3) is 2.05. The predicted octanol–water partition coefficient (Wildman–Crippen LogP) is 1.02. The van der Waals surface area contributed by atoms with Crippen molar-refractivity contribution >= 4 is 28.5 Å². The molecular weight excluding hydrogens is 282 g/mol. The fourth-order valence-electron chi connectivity index (χ4n) is 3.22. The Bertz CT molecular complexity index is 747. The molecule has 114 valence electrons. The second-order valence-electron chi connectivity index (χ2n) is 5.70. The average molecular weight is 299 g/mol. The normalized spacial score (nSPS) is 22.4. The number of hydrogen-bond acceptors (Lipinski definition) is 4. The Labute approximate surface area is 127 Å². The molecule has 3 heterocycles. The van der Waals surface area contributed by atoms with Gasteiger partial charge in [0.2, 0.25) is 5.91 Å². The molecule has 0 radical (unpaired) electrons. The molecule has 2 N–H and O–H groups in total. The van der Waals surface area contributed by atoms with Crippen molar-refractivity contribution in [3.63, 3.8) is 0 Å². The van der Waals surface area contributed by atoms with Crippen LogP contribution >= 0.6 is 0 Å². The van der Waals surface area contributed by atoms with Crippen molar-refractivity contribution in [1.82, 2.24) is 20.4 Å². The van der Waals surface area contributed by atoms with Gasteiger partial charge in [0.15, 0.2) is 0 Å². The summed E-state index contributed by atoms with van der Waals surface area (Å²) in [5, 5.41) is 11.2. The topological polar surface area (TPSA) is 79.3 Å². The van der Waals surface area contributed by atoms with E-state index in [1.165, 1.54) is 0 Å². The van der Waals surface area contributed by atoms with Crippen molar-refractivity contribution in [3.05, 3.63) is 24.4 Å².